The number of rotatable bonds is 7. The molecular weight excluding hydrogens is 396 g/mol. The van der Waals surface area contributed by atoms with Gasteiger partial charge in [0, 0.05) is 11.6 Å². The van der Waals surface area contributed by atoms with Gasteiger partial charge in [0.05, 0.1) is 10.6 Å². The van der Waals surface area contributed by atoms with Crippen molar-refractivity contribution in [3.8, 4) is 0 Å². The maximum absolute atomic E-state index is 13.2. The average molecular weight is 421 g/mol. The Bertz CT molecular complexity index is 880. The highest BCUT2D eigenvalue weighted by Gasteiger charge is 2.27. The van der Waals surface area contributed by atoms with Crippen LogP contribution in [0, 0.1) is 5.92 Å². The highest BCUT2D eigenvalue weighted by atomic mass is 35.5. The first-order valence-electron chi connectivity index (χ1n) is 9.57. The third kappa shape index (κ3) is 5.26. The van der Waals surface area contributed by atoms with Gasteiger partial charge >= 0.3 is 0 Å². The molecular formula is C21H25ClN2O3S. The van der Waals surface area contributed by atoms with Gasteiger partial charge in [0.15, 0.2) is 0 Å². The molecule has 2 aromatic carbocycles. The van der Waals surface area contributed by atoms with Crippen molar-refractivity contribution < 1.29 is 13.2 Å². The van der Waals surface area contributed by atoms with Crippen molar-refractivity contribution >= 4 is 33.2 Å². The fourth-order valence-electron chi connectivity index (χ4n) is 3.48. The van der Waals surface area contributed by atoms with E-state index < -0.39 is 10.0 Å². The molecule has 0 unspecified atom stereocenters. The van der Waals surface area contributed by atoms with E-state index in [9.17, 15) is 13.2 Å². The van der Waals surface area contributed by atoms with Gasteiger partial charge in [-0.15, -0.1) is 0 Å². The van der Waals surface area contributed by atoms with Crippen LogP contribution in [0.1, 0.15) is 32.1 Å². The molecule has 1 fully saturated rings. The zero-order chi connectivity index (χ0) is 20.0. The Morgan fingerprint density at radius 3 is 2.29 bits per heavy atom. The maximum Gasteiger partial charge on any atom is 0.264 e. The Morgan fingerprint density at radius 2 is 1.64 bits per heavy atom. The lowest BCUT2D eigenvalue weighted by Gasteiger charge is -2.25. The number of amides is 1. The summed E-state index contributed by atoms with van der Waals surface area (Å²) in [6.07, 6.45) is 5.87. The summed E-state index contributed by atoms with van der Waals surface area (Å²) >= 11 is 5.94. The van der Waals surface area contributed by atoms with E-state index in [1.54, 1.807) is 42.5 Å². The molecule has 7 heteroatoms. The van der Waals surface area contributed by atoms with Gasteiger partial charge in [-0.05, 0) is 55.2 Å². The molecule has 1 saturated carbocycles. The largest absolute Gasteiger partial charge is 0.354 e. The molecule has 3 rings (SSSR count). The fourth-order valence-corrected chi connectivity index (χ4v) is 5.05. The summed E-state index contributed by atoms with van der Waals surface area (Å²) in [5.41, 5.74) is 0.404. The summed E-state index contributed by atoms with van der Waals surface area (Å²) in [6, 6.07) is 14.6. The number of carbonyl (C=O) groups excluding carboxylic acids is 1. The van der Waals surface area contributed by atoms with Crippen LogP contribution in [0.25, 0.3) is 0 Å². The van der Waals surface area contributed by atoms with Gasteiger partial charge in [0.25, 0.3) is 10.0 Å². The minimum absolute atomic E-state index is 0.144. The van der Waals surface area contributed by atoms with Gasteiger partial charge in [0.2, 0.25) is 5.91 Å². The van der Waals surface area contributed by atoms with Crippen LogP contribution in [0.15, 0.2) is 59.5 Å². The quantitative estimate of drug-likeness (QED) is 0.728. The smallest absolute Gasteiger partial charge is 0.264 e. The second-order valence-electron chi connectivity index (χ2n) is 7.11. The van der Waals surface area contributed by atoms with E-state index in [2.05, 4.69) is 5.32 Å². The van der Waals surface area contributed by atoms with Crippen molar-refractivity contribution in [3.05, 3.63) is 59.6 Å². The third-order valence-corrected chi connectivity index (χ3v) is 7.09. The molecule has 0 atom stereocenters. The number of hydrogen-bond donors (Lipinski definition) is 1. The molecule has 5 nitrogen and oxygen atoms in total. The monoisotopic (exact) mass is 420 g/mol. The Morgan fingerprint density at radius 1 is 1.00 bits per heavy atom. The van der Waals surface area contributed by atoms with Crippen LogP contribution in [-0.4, -0.2) is 27.4 Å². The lowest BCUT2D eigenvalue weighted by Crippen LogP contribution is -2.42. The molecule has 0 bridgehead atoms. The third-order valence-electron chi connectivity index (χ3n) is 5.05. The summed E-state index contributed by atoms with van der Waals surface area (Å²) in [7, 11) is -3.88. The number of anilines is 1. The van der Waals surface area contributed by atoms with Gasteiger partial charge in [-0.25, -0.2) is 8.42 Å². The Hall–Kier alpha value is -2.05. The van der Waals surface area contributed by atoms with E-state index in [0.717, 1.165) is 17.1 Å². The minimum Gasteiger partial charge on any atom is -0.354 e. The summed E-state index contributed by atoms with van der Waals surface area (Å²) < 4.78 is 27.5. The molecule has 1 aliphatic rings. The molecule has 0 aromatic heterocycles. The number of carbonyl (C=O) groups is 1. The van der Waals surface area contributed by atoms with Crippen molar-refractivity contribution in [2.75, 3.05) is 17.4 Å². The zero-order valence-electron chi connectivity index (χ0n) is 15.7. The van der Waals surface area contributed by atoms with Crippen LogP contribution < -0.4 is 9.62 Å². The van der Waals surface area contributed by atoms with Gasteiger partial charge < -0.3 is 5.32 Å². The predicted octanol–water partition coefficient (Wildman–Crippen LogP) is 4.23. The van der Waals surface area contributed by atoms with Crippen LogP contribution in [0.2, 0.25) is 5.02 Å². The highest BCUT2D eigenvalue weighted by Crippen LogP contribution is 2.25. The maximum atomic E-state index is 13.2. The second-order valence-corrected chi connectivity index (χ2v) is 9.41. The first-order valence-corrected chi connectivity index (χ1v) is 11.4. The number of benzene rings is 2. The van der Waals surface area contributed by atoms with Crippen LogP contribution >= 0.6 is 11.6 Å². The van der Waals surface area contributed by atoms with Gasteiger partial charge in [0.1, 0.15) is 6.54 Å². The van der Waals surface area contributed by atoms with Gasteiger partial charge in [-0.1, -0.05) is 49.1 Å². The SMILES string of the molecule is O=C(CN(c1ccc(Cl)cc1)S(=O)(=O)c1ccccc1)NCC1CCCCC1. The highest BCUT2D eigenvalue weighted by molar-refractivity contribution is 7.92. The minimum atomic E-state index is -3.88. The molecule has 1 N–H and O–H groups in total. The second kappa shape index (κ2) is 9.43. The topological polar surface area (TPSA) is 66.5 Å². The first-order chi connectivity index (χ1) is 13.5. The molecule has 150 valence electrons. The van der Waals surface area contributed by atoms with Crippen molar-refractivity contribution in [2.45, 2.75) is 37.0 Å². The van der Waals surface area contributed by atoms with Crippen LogP contribution in [0.3, 0.4) is 0 Å². The molecule has 0 heterocycles. The summed E-state index contributed by atoms with van der Waals surface area (Å²) in [4.78, 5) is 12.7. The molecule has 0 spiro atoms. The Labute approximate surface area is 171 Å². The molecule has 2 aromatic rings. The molecule has 0 radical (unpaired) electrons. The van der Waals surface area contributed by atoms with Crippen LogP contribution in [0.5, 0.6) is 0 Å². The number of nitrogens with one attached hydrogen (secondary N) is 1. The molecule has 1 amide bonds. The Kier molecular flexibility index (Phi) is 6.97. The van der Waals surface area contributed by atoms with Crippen LogP contribution in [0.4, 0.5) is 5.69 Å². The average Bonchev–Trinajstić information content (AvgIpc) is 2.72. The Balaban J connectivity index is 1.78. The standard InChI is InChI=1S/C21H25ClN2O3S/c22-18-11-13-19(14-12-18)24(28(26,27)20-9-5-2-6-10-20)16-21(25)23-15-17-7-3-1-4-8-17/h2,5-6,9-14,17H,1,3-4,7-8,15-16H2,(H,23,25). The normalized spacial score (nSPS) is 15.2. The van der Waals surface area contributed by atoms with Crippen LogP contribution in [-0.2, 0) is 14.8 Å². The van der Waals surface area contributed by atoms with E-state index in [0.29, 0.717) is 23.2 Å². The van der Waals surface area contributed by atoms with Crippen molar-refractivity contribution in [3.63, 3.8) is 0 Å². The van der Waals surface area contributed by atoms with Gasteiger partial charge in [-0.3, -0.25) is 9.10 Å². The number of hydrogen-bond acceptors (Lipinski definition) is 3. The van der Waals surface area contributed by atoms with E-state index in [4.69, 9.17) is 11.6 Å². The number of nitrogens with zero attached hydrogens (tertiary/aromatic N) is 1. The summed E-state index contributed by atoms with van der Waals surface area (Å²) in [5, 5.41) is 3.42. The first kappa shape index (κ1) is 20.7. The fraction of sp³-hybridized carbons (Fsp3) is 0.381. The lowest BCUT2D eigenvalue weighted by atomic mass is 9.89. The number of halogens is 1. The van der Waals surface area contributed by atoms with E-state index in [-0.39, 0.29) is 17.3 Å². The van der Waals surface area contributed by atoms with Crippen molar-refractivity contribution in [1.29, 1.82) is 0 Å². The van der Waals surface area contributed by atoms with E-state index in [1.807, 2.05) is 0 Å². The predicted molar refractivity (Wildman–Crippen MR) is 112 cm³/mol. The van der Waals surface area contributed by atoms with E-state index >= 15 is 0 Å². The molecule has 1 aliphatic carbocycles. The zero-order valence-corrected chi connectivity index (χ0v) is 17.3. The number of sulfonamides is 1. The van der Waals surface area contributed by atoms with Crippen molar-refractivity contribution in [1.82, 2.24) is 5.32 Å². The molecule has 0 aliphatic heterocycles. The summed E-state index contributed by atoms with van der Waals surface area (Å²) in [5.74, 6) is 0.174. The summed E-state index contributed by atoms with van der Waals surface area (Å²) in [6.45, 7) is 0.324. The van der Waals surface area contributed by atoms with Gasteiger partial charge in [-0.2, -0.15) is 0 Å². The lowest BCUT2D eigenvalue weighted by molar-refractivity contribution is -0.119. The van der Waals surface area contributed by atoms with Crippen molar-refractivity contribution in [2.24, 2.45) is 5.92 Å². The molecule has 28 heavy (non-hydrogen) atoms. The molecule has 0 saturated heterocycles. The van der Waals surface area contributed by atoms with E-state index in [1.165, 1.54) is 31.4 Å².